The van der Waals surface area contributed by atoms with Crippen molar-refractivity contribution in [2.24, 2.45) is 0 Å². The molecule has 0 spiro atoms. The van der Waals surface area contributed by atoms with Gasteiger partial charge in [0, 0.05) is 44.5 Å². The van der Waals surface area contributed by atoms with Gasteiger partial charge in [-0.1, -0.05) is 0 Å². The number of alkyl halides is 2. The smallest absolute Gasteiger partial charge is 0.346 e. The lowest BCUT2D eigenvalue weighted by Gasteiger charge is -2.30. The molecule has 1 N–H and O–H groups in total. The van der Waals surface area contributed by atoms with Crippen molar-refractivity contribution >= 4 is 30.9 Å². The molecule has 0 aromatic rings. The van der Waals surface area contributed by atoms with Crippen molar-refractivity contribution < 1.29 is 14.2 Å². The first-order valence-corrected chi connectivity index (χ1v) is 8.27. The Balaban J connectivity index is 2.62. The molecule has 0 bridgehead atoms. The average Bonchev–Trinajstić information content (AvgIpc) is 3.13. The second-order valence-electron chi connectivity index (χ2n) is 3.69. The van der Waals surface area contributed by atoms with Crippen LogP contribution in [-0.2, 0) is 9.09 Å². The Labute approximate surface area is 112 Å². The first-order chi connectivity index (χ1) is 8.19. The van der Waals surface area contributed by atoms with Crippen molar-refractivity contribution in [1.29, 1.82) is 0 Å². The fourth-order valence-electron chi connectivity index (χ4n) is 1.45. The monoisotopic (exact) mass is 304 g/mol. The molecule has 0 saturated carbocycles. The van der Waals surface area contributed by atoms with Gasteiger partial charge in [-0.2, -0.15) is 0 Å². The first kappa shape index (κ1) is 15.7. The third kappa shape index (κ3) is 4.67. The summed E-state index contributed by atoms with van der Waals surface area (Å²) >= 11 is 11.4. The standard InChI is InChI=1S/C9H19Cl2N2O3P/c10-2-4-12(5-3-11)17(15,13-6-7-13)16-9-1-8-14/h14H,1-9H2/t17-/m1/s1. The summed E-state index contributed by atoms with van der Waals surface area (Å²) in [7, 11) is -2.97. The van der Waals surface area contributed by atoms with Gasteiger partial charge in [-0.25, -0.2) is 9.34 Å². The number of hydrogen-bond acceptors (Lipinski definition) is 3. The minimum absolute atomic E-state index is 0.0328. The number of rotatable bonds is 10. The zero-order valence-electron chi connectivity index (χ0n) is 9.73. The minimum Gasteiger partial charge on any atom is -0.396 e. The van der Waals surface area contributed by atoms with Crippen LogP contribution in [0.3, 0.4) is 0 Å². The van der Waals surface area contributed by atoms with E-state index in [2.05, 4.69) is 0 Å². The van der Waals surface area contributed by atoms with Crippen LogP contribution < -0.4 is 0 Å². The minimum atomic E-state index is -2.97. The molecular formula is C9H19Cl2N2O3P. The van der Waals surface area contributed by atoms with Crippen LogP contribution >= 0.6 is 30.9 Å². The highest BCUT2D eigenvalue weighted by Gasteiger charge is 2.44. The SMILES string of the molecule is O=[P@@](OCCCO)(N(CCCl)CCCl)N1CC1. The van der Waals surface area contributed by atoms with Gasteiger partial charge in [-0.05, 0) is 6.42 Å². The molecule has 1 atom stereocenters. The van der Waals surface area contributed by atoms with Crippen molar-refractivity contribution in [3.05, 3.63) is 0 Å². The molecule has 5 nitrogen and oxygen atoms in total. The molecule has 1 heterocycles. The first-order valence-electron chi connectivity index (χ1n) is 5.67. The maximum atomic E-state index is 12.8. The van der Waals surface area contributed by atoms with E-state index in [1.165, 1.54) is 0 Å². The summed E-state index contributed by atoms with van der Waals surface area (Å²) in [6.45, 7) is 2.84. The molecule has 0 unspecified atom stereocenters. The molecule has 0 aromatic carbocycles. The lowest BCUT2D eigenvalue weighted by Crippen LogP contribution is -2.29. The Kier molecular flexibility index (Phi) is 7.34. The molecule has 0 radical (unpaired) electrons. The van der Waals surface area contributed by atoms with Crippen LogP contribution in [0, 0.1) is 0 Å². The third-order valence-electron chi connectivity index (χ3n) is 2.39. The van der Waals surface area contributed by atoms with Crippen molar-refractivity contribution in [1.82, 2.24) is 9.34 Å². The molecule has 0 amide bonds. The molecule has 1 fully saturated rings. The number of aliphatic hydroxyl groups excluding tert-OH is 1. The van der Waals surface area contributed by atoms with E-state index in [0.29, 0.717) is 31.3 Å². The van der Waals surface area contributed by atoms with Crippen LogP contribution in [0.1, 0.15) is 6.42 Å². The maximum Gasteiger partial charge on any atom is 0.346 e. The summed E-state index contributed by atoms with van der Waals surface area (Å²) in [6.07, 6.45) is 0.480. The highest BCUT2D eigenvalue weighted by atomic mass is 35.5. The fraction of sp³-hybridized carbons (Fsp3) is 1.00. The van der Waals surface area contributed by atoms with Gasteiger partial charge in [-0.15, -0.1) is 23.2 Å². The fourth-order valence-corrected chi connectivity index (χ4v) is 4.44. The van der Waals surface area contributed by atoms with Crippen molar-refractivity contribution in [2.45, 2.75) is 6.42 Å². The van der Waals surface area contributed by atoms with Crippen molar-refractivity contribution in [3.63, 3.8) is 0 Å². The number of nitrogens with zero attached hydrogens (tertiary/aromatic N) is 2. The van der Waals surface area contributed by atoms with E-state index < -0.39 is 7.67 Å². The maximum absolute atomic E-state index is 12.8. The number of halogens is 2. The average molecular weight is 305 g/mol. The molecule has 1 aliphatic rings. The molecule has 17 heavy (non-hydrogen) atoms. The Hall–Kier alpha value is 0.650. The van der Waals surface area contributed by atoms with Gasteiger partial charge in [0.05, 0.1) is 6.61 Å². The summed E-state index contributed by atoms with van der Waals surface area (Å²) in [6, 6.07) is 0. The predicted molar refractivity (Wildman–Crippen MR) is 69.8 cm³/mol. The van der Waals surface area contributed by atoms with Crippen molar-refractivity contribution in [3.8, 4) is 0 Å². The van der Waals surface area contributed by atoms with Crippen LogP contribution in [-0.4, -0.2) is 65.6 Å². The molecule has 1 rings (SSSR count). The molecule has 1 aliphatic heterocycles. The van der Waals surface area contributed by atoms with E-state index >= 15 is 0 Å². The zero-order chi connectivity index (χ0) is 12.7. The summed E-state index contributed by atoms with van der Waals surface area (Å²) in [5.74, 6) is 0.774. The number of aliphatic hydroxyl groups is 1. The van der Waals surface area contributed by atoms with Gasteiger partial charge in [-0.3, -0.25) is 4.57 Å². The molecule has 1 saturated heterocycles. The van der Waals surface area contributed by atoms with Crippen LogP contribution in [0.4, 0.5) is 0 Å². The molecule has 0 aromatic heterocycles. The molecule has 8 heteroatoms. The lowest BCUT2D eigenvalue weighted by molar-refractivity contribution is 0.206. The topological polar surface area (TPSA) is 52.8 Å². The Morgan fingerprint density at radius 3 is 2.29 bits per heavy atom. The van der Waals surface area contributed by atoms with Crippen molar-refractivity contribution in [2.75, 3.05) is 51.2 Å². The predicted octanol–water partition coefficient (Wildman–Crippen LogP) is 1.59. The largest absolute Gasteiger partial charge is 0.396 e. The van der Waals surface area contributed by atoms with Gasteiger partial charge in [0.25, 0.3) is 0 Å². The summed E-state index contributed by atoms with van der Waals surface area (Å²) in [5.41, 5.74) is 0. The Bertz CT molecular complexity index is 261. The third-order valence-corrected chi connectivity index (χ3v) is 5.47. The van der Waals surface area contributed by atoms with E-state index in [1.54, 1.807) is 9.34 Å². The Morgan fingerprint density at radius 2 is 1.88 bits per heavy atom. The molecule has 0 aliphatic carbocycles. The quantitative estimate of drug-likeness (QED) is 0.287. The van der Waals surface area contributed by atoms with Crippen LogP contribution in [0.5, 0.6) is 0 Å². The molecule has 102 valence electrons. The normalized spacial score (nSPS) is 19.5. The van der Waals surface area contributed by atoms with Gasteiger partial charge in [0.1, 0.15) is 0 Å². The van der Waals surface area contributed by atoms with Crippen LogP contribution in [0.25, 0.3) is 0 Å². The highest BCUT2D eigenvalue weighted by Crippen LogP contribution is 2.57. The Morgan fingerprint density at radius 1 is 1.29 bits per heavy atom. The van der Waals surface area contributed by atoms with Crippen LogP contribution in [0.15, 0.2) is 0 Å². The summed E-state index contributed by atoms with van der Waals surface area (Å²) in [5, 5.41) is 8.72. The van der Waals surface area contributed by atoms with Gasteiger partial charge < -0.3 is 9.63 Å². The van der Waals surface area contributed by atoms with E-state index in [4.69, 9.17) is 32.8 Å². The number of hydrogen-bond donors (Lipinski definition) is 1. The van der Waals surface area contributed by atoms with E-state index in [-0.39, 0.29) is 13.2 Å². The van der Waals surface area contributed by atoms with Gasteiger partial charge >= 0.3 is 7.67 Å². The van der Waals surface area contributed by atoms with E-state index in [0.717, 1.165) is 13.1 Å². The second kappa shape index (κ2) is 7.95. The van der Waals surface area contributed by atoms with E-state index in [9.17, 15) is 4.57 Å². The summed E-state index contributed by atoms with van der Waals surface area (Å²) in [4.78, 5) is 0. The lowest BCUT2D eigenvalue weighted by atomic mass is 10.5. The zero-order valence-corrected chi connectivity index (χ0v) is 12.1. The second-order valence-corrected chi connectivity index (χ2v) is 6.81. The highest BCUT2D eigenvalue weighted by molar-refractivity contribution is 7.54. The van der Waals surface area contributed by atoms with Gasteiger partial charge in [0.15, 0.2) is 0 Å². The van der Waals surface area contributed by atoms with Crippen LogP contribution in [0.2, 0.25) is 0 Å². The summed E-state index contributed by atoms with van der Waals surface area (Å²) < 4.78 is 21.8. The van der Waals surface area contributed by atoms with Gasteiger partial charge in [0.2, 0.25) is 0 Å². The molecular weight excluding hydrogens is 286 g/mol. The van der Waals surface area contributed by atoms with E-state index in [1.807, 2.05) is 0 Å².